The van der Waals surface area contributed by atoms with Crippen LogP contribution in [-0.2, 0) is 16.3 Å². The fraction of sp³-hybridized carbons (Fsp3) is 0.619. The molecule has 1 aliphatic rings. The van der Waals surface area contributed by atoms with Crippen LogP contribution in [0.1, 0.15) is 51.5 Å². The Hall–Kier alpha value is -1.50. The summed E-state index contributed by atoms with van der Waals surface area (Å²) in [7, 11) is -4.16. The maximum absolute atomic E-state index is 12.7. The van der Waals surface area contributed by atoms with Gasteiger partial charge in [-0.05, 0) is 61.1 Å². The summed E-state index contributed by atoms with van der Waals surface area (Å²) in [6, 6.07) is 8.19. The van der Waals surface area contributed by atoms with Crippen molar-refractivity contribution in [3.63, 3.8) is 0 Å². The molecule has 1 aliphatic carbocycles. The molecule has 0 bridgehead atoms. The van der Waals surface area contributed by atoms with E-state index in [-0.39, 0.29) is 11.3 Å². The summed E-state index contributed by atoms with van der Waals surface area (Å²) in [6.45, 7) is 4.04. The molecule has 0 spiro atoms. The average Bonchev–Trinajstić information content (AvgIpc) is 3.19. The molecule has 3 rings (SSSR count). The SMILES string of the molecule is CC[C@@]1(C)CC(S(=O)(=O)CC(F)(F)F)C[C@H]1CCCc1cccc2[nH]ccc12. The number of alkyl halides is 3. The zero-order valence-electron chi connectivity index (χ0n) is 16.3. The normalized spacial score (nSPS) is 26.2. The molecule has 0 saturated heterocycles. The predicted molar refractivity (Wildman–Crippen MR) is 106 cm³/mol. The first-order valence-electron chi connectivity index (χ1n) is 9.87. The Morgan fingerprint density at radius 1 is 1.25 bits per heavy atom. The van der Waals surface area contributed by atoms with Crippen molar-refractivity contribution in [1.29, 1.82) is 0 Å². The topological polar surface area (TPSA) is 49.9 Å². The molecule has 1 saturated carbocycles. The van der Waals surface area contributed by atoms with Gasteiger partial charge >= 0.3 is 6.18 Å². The smallest absolute Gasteiger partial charge is 0.361 e. The molecule has 1 aromatic carbocycles. The van der Waals surface area contributed by atoms with E-state index in [1.54, 1.807) is 0 Å². The number of hydrogen-bond donors (Lipinski definition) is 1. The molecular formula is C21H28F3NO2S. The molecule has 1 unspecified atom stereocenters. The van der Waals surface area contributed by atoms with E-state index in [1.165, 1.54) is 10.9 Å². The highest BCUT2D eigenvalue weighted by Crippen LogP contribution is 2.50. The number of halogens is 3. The summed E-state index contributed by atoms with van der Waals surface area (Å²) < 4.78 is 62.6. The lowest BCUT2D eigenvalue weighted by atomic mass is 9.75. The van der Waals surface area contributed by atoms with Crippen LogP contribution in [0.4, 0.5) is 13.2 Å². The second-order valence-corrected chi connectivity index (χ2v) is 10.7. The van der Waals surface area contributed by atoms with E-state index in [2.05, 4.69) is 17.1 Å². The number of aromatic nitrogens is 1. The summed E-state index contributed by atoms with van der Waals surface area (Å²) in [5.41, 5.74) is 2.12. The number of benzene rings is 1. The second-order valence-electron chi connectivity index (χ2n) is 8.44. The molecule has 2 aromatic rings. The molecular weight excluding hydrogens is 387 g/mol. The summed E-state index contributed by atoms with van der Waals surface area (Å²) in [5.74, 6) is -1.57. The van der Waals surface area contributed by atoms with Crippen LogP contribution in [-0.4, -0.2) is 30.6 Å². The lowest BCUT2D eigenvalue weighted by Gasteiger charge is -2.30. The third-order valence-electron chi connectivity index (χ3n) is 6.59. The van der Waals surface area contributed by atoms with Gasteiger partial charge in [-0.3, -0.25) is 0 Å². The fourth-order valence-electron chi connectivity index (χ4n) is 4.80. The third kappa shape index (κ3) is 4.56. The van der Waals surface area contributed by atoms with E-state index in [0.29, 0.717) is 12.8 Å². The predicted octanol–water partition coefficient (Wildman–Crippen LogP) is 5.66. The molecule has 3 atom stereocenters. The van der Waals surface area contributed by atoms with Gasteiger partial charge < -0.3 is 4.98 Å². The van der Waals surface area contributed by atoms with Gasteiger partial charge in [0.05, 0.1) is 5.25 Å². The van der Waals surface area contributed by atoms with E-state index in [9.17, 15) is 21.6 Å². The number of rotatable bonds is 7. The van der Waals surface area contributed by atoms with Gasteiger partial charge in [0, 0.05) is 17.1 Å². The first kappa shape index (κ1) is 21.2. The van der Waals surface area contributed by atoms with Gasteiger partial charge in [0.2, 0.25) is 0 Å². The van der Waals surface area contributed by atoms with Crippen molar-refractivity contribution < 1.29 is 21.6 Å². The Morgan fingerprint density at radius 3 is 2.68 bits per heavy atom. The number of fused-ring (bicyclic) bond motifs is 1. The van der Waals surface area contributed by atoms with Crippen molar-refractivity contribution in [1.82, 2.24) is 4.98 Å². The molecule has 3 nitrogen and oxygen atoms in total. The Kier molecular flexibility index (Phi) is 5.86. The fourth-order valence-corrected chi connectivity index (χ4v) is 6.65. The van der Waals surface area contributed by atoms with E-state index >= 15 is 0 Å². The van der Waals surface area contributed by atoms with Crippen LogP contribution in [0.2, 0.25) is 0 Å². The maximum atomic E-state index is 12.7. The van der Waals surface area contributed by atoms with Crippen LogP contribution in [0.3, 0.4) is 0 Å². The highest BCUT2D eigenvalue weighted by atomic mass is 32.2. The van der Waals surface area contributed by atoms with Crippen LogP contribution in [0.25, 0.3) is 10.9 Å². The zero-order chi connectivity index (χ0) is 20.6. The van der Waals surface area contributed by atoms with Gasteiger partial charge in [-0.1, -0.05) is 32.4 Å². The summed E-state index contributed by atoms with van der Waals surface area (Å²) >= 11 is 0. The van der Waals surface area contributed by atoms with Gasteiger partial charge in [-0.25, -0.2) is 8.42 Å². The van der Waals surface area contributed by atoms with Gasteiger partial charge in [0.25, 0.3) is 0 Å². The Morgan fingerprint density at radius 2 is 2.00 bits per heavy atom. The molecule has 1 heterocycles. The highest BCUT2D eigenvalue weighted by molar-refractivity contribution is 7.92. The standard InChI is InChI=1S/C21H28F3NO2S/c1-3-20(2)13-17(28(26,27)14-21(22,23)24)12-16(20)8-4-6-15-7-5-9-19-18(15)10-11-25-19/h5,7,9-11,16-17,25H,3-4,6,8,12-14H2,1-2H3/t16-,17?,20+/m1/s1. The van der Waals surface area contributed by atoms with Crippen molar-refractivity contribution in [2.24, 2.45) is 11.3 Å². The Balaban J connectivity index is 1.66. The van der Waals surface area contributed by atoms with Crippen LogP contribution in [0.15, 0.2) is 30.5 Å². The van der Waals surface area contributed by atoms with Gasteiger partial charge in [-0.2, -0.15) is 13.2 Å². The van der Waals surface area contributed by atoms with Crippen LogP contribution in [0, 0.1) is 11.3 Å². The van der Waals surface area contributed by atoms with Gasteiger partial charge in [-0.15, -0.1) is 0 Å². The van der Waals surface area contributed by atoms with Crippen molar-refractivity contribution in [2.75, 3.05) is 5.75 Å². The van der Waals surface area contributed by atoms with Gasteiger partial charge in [0.15, 0.2) is 9.84 Å². The van der Waals surface area contributed by atoms with Gasteiger partial charge in [0.1, 0.15) is 5.75 Å². The third-order valence-corrected chi connectivity index (χ3v) is 8.70. The summed E-state index contributed by atoms with van der Waals surface area (Å²) in [4.78, 5) is 3.20. The first-order chi connectivity index (χ1) is 13.0. The molecule has 156 valence electrons. The lowest BCUT2D eigenvalue weighted by molar-refractivity contribution is -0.106. The number of hydrogen-bond acceptors (Lipinski definition) is 2. The molecule has 1 aromatic heterocycles. The molecule has 7 heteroatoms. The van der Waals surface area contributed by atoms with Crippen LogP contribution < -0.4 is 0 Å². The maximum Gasteiger partial charge on any atom is 0.402 e. The van der Waals surface area contributed by atoms with Crippen molar-refractivity contribution >= 4 is 20.7 Å². The average molecular weight is 416 g/mol. The minimum Gasteiger partial charge on any atom is -0.361 e. The lowest BCUT2D eigenvalue weighted by Crippen LogP contribution is -2.31. The summed E-state index contributed by atoms with van der Waals surface area (Å²) in [6.07, 6.45) is 1.32. The van der Waals surface area contributed by atoms with E-state index in [4.69, 9.17) is 0 Å². The molecule has 0 radical (unpaired) electrons. The van der Waals surface area contributed by atoms with Crippen LogP contribution >= 0.6 is 0 Å². The minimum atomic E-state index is -4.67. The molecule has 0 amide bonds. The number of sulfone groups is 1. The number of H-pyrrole nitrogens is 1. The molecule has 1 N–H and O–H groups in total. The van der Waals surface area contributed by atoms with Crippen molar-refractivity contribution in [3.05, 3.63) is 36.0 Å². The zero-order valence-corrected chi connectivity index (χ0v) is 17.2. The molecule has 0 aliphatic heterocycles. The summed E-state index contributed by atoms with van der Waals surface area (Å²) in [5, 5.41) is 0.315. The number of nitrogens with one attached hydrogen (secondary N) is 1. The highest BCUT2D eigenvalue weighted by Gasteiger charge is 2.49. The number of aromatic amines is 1. The quantitative estimate of drug-likeness (QED) is 0.634. The monoisotopic (exact) mass is 415 g/mol. The minimum absolute atomic E-state index is 0.135. The van der Waals surface area contributed by atoms with Crippen molar-refractivity contribution in [2.45, 2.75) is 63.8 Å². The Bertz CT molecular complexity index is 919. The van der Waals surface area contributed by atoms with E-state index in [0.717, 1.165) is 31.2 Å². The molecule has 1 fully saturated rings. The first-order valence-corrected chi connectivity index (χ1v) is 11.6. The largest absolute Gasteiger partial charge is 0.402 e. The van der Waals surface area contributed by atoms with E-state index in [1.807, 2.05) is 32.2 Å². The number of aryl methyl sites for hydroxylation is 1. The van der Waals surface area contributed by atoms with E-state index < -0.39 is 27.0 Å². The van der Waals surface area contributed by atoms with Crippen LogP contribution in [0.5, 0.6) is 0 Å². The second kappa shape index (κ2) is 7.73. The molecule has 28 heavy (non-hydrogen) atoms. The van der Waals surface area contributed by atoms with Crippen molar-refractivity contribution in [3.8, 4) is 0 Å². The Labute approximate surface area is 164 Å².